The summed E-state index contributed by atoms with van der Waals surface area (Å²) in [4.78, 5) is 13.6. The van der Waals surface area contributed by atoms with Crippen LogP contribution in [0.5, 0.6) is 0 Å². The van der Waals surface area contributed by atoms with Crippen LogP contribution in [-0.2, 0) is 21.2 Å². The second-order valence-corrected chi connectivity index (χ2v) is 6.53. The van der Waals surface area contributed by atoms with Crippen LogP contribution in [0.2, 0.25) is 0 Å². The number of rotatable bonds is 6. The Morgan fingerprint density at radius 2 is 1.83 bits per heavy atom. The molecule has 0 saturated carbocycles. The minimum Gasteiger partial charge on any atom is -0.339 e. The molecule has 0 aromatic heterocycles. The molecular formula is C13H19NO3S. The normalized spacial score (nSPS) is 11.2. The van der Waals surface area contributed by atoms with Crippen molar-refractivity contribution in [1.29, 1.82) is 0 Å². The predicted octanol–water partition coefficient (Wildman–Crippen LogP) is 1.47. The lowest BCUT2D eigenvalue weighted by Gasteiger charge is -2.20. The summed E-state index contributed by atoms with van der Waals surface area (Å²) in [5.74, 6) is -0.205. The summed E-state index contributed by atoms with van der Waals surface area (Å²) < 4.78 is 22.1. The first-order valence-corrected chi connectivity index (χ1v) is 7.98. The third kappa shape index (κ3) is 5.31. The molecular weight excluding hydrogens is 250 g/mol. The lowest BCUT2D eigenvalue weighted by atomic mass is 10.2. The van der Waals surface area contributed by atoms with Gasteiger partial charge in [0.05, 0.1) is 5.75 Å². The van der Waals surface area contributed by atoms with Crippen molar-refractivity contribution in [3.8, 4) is 0 Å². The van der Waals surface area contributed by atoms with Gasteiger partial charge in [-0.25, -0.2) is 8.42 Å². The second-order valence-electron chi connectivity index (χ2n) is 4.27. The molecule has 0 aliphatic carbocycles. The number of amides is 1. The quantitative estimate of drug-likeness (QED) is 0.786. The van der Waals surface area contributed by atoms with E-state index in [1.165, 1.54) is 0 Å². The van der Waals surface area contributed by atoms with Crippen LogP contribution in [0, 0.1) is 0 Å². The Labute approximate surface area is 109 Å². The predicted molar refractivity (Wildman–Crippen MR) is 71.9 cm³/mol. The van der Waals surface area contributed by atoms with Crippen LogP contribution in [0.15, 0.2) is 30.3 Å². The van der Waals surface area contributed by atoms with Crippen molar-refractivity contribution >= 4 is 15.7 Å². The Morgan fingerprint density at radius 3 is 2.33 bits per heavy atom. The van der Waals surface area contributed by atoms with E-state index in [9.17, 15) is 13.2 Å². The number of nitrogens with zero attached hydrogens (tertiary/aromatic N) is 1. The van der Waals surface area contributed by atoms with Crippen LogP contribution in [0.25, 0.3) is 0 Å². The van der Waals surface area contributed by atoms with Crippen molar-refractivity contribution in [2.75, 3.05) is 18.6 Å². The van der Waals surface area contributed by atoms with Crippen molar-refractivity contribution in [2.24, 2.45) is 0 Å². The van der Waals surface area contributed by atoms with Gasteiger partial charge >= 0.3 is 0 Å². The highest BCUT2D eigenvalue weighted by Crippen LogP contribution is 2.06. The highest BCUT2D eigenvalue weighted by atomic mass is 32.2. The zero-order chi connectivity index (χ0) is 13.6. The van der Waals surface area contributed by atoms with Gasteiger partial charge < -0.3 is 4.90 Å². The Bertz CT molecular complexity index is 482. The van der Waals surface area contributed by atoms with Crippen LogP contribution >= 0.6 is 0 Å². The van der Waals surface area contributed by atoms with Gasteiger partial charge in [0.2, 0.25) is 5.91 Å². The summed E-state index contributed by atoms with van der Waals surface area (Å²) in [5.41, 5.74) is 1.05. The van der Waals surface area contributed by atoms with E-state index >= 15 is 0 Å². The molecule has 1 aromatic rings. The molecule has 1 amide bonds. The lowest BCUT2D eigenvalue weighted by Crippen LogP contribution is -2.31. The molecule has 100 valence electrons. The first kappa shape index (κ1) is 14.7. The first-order valence-electron chi connectivity index (χ1n) is 5.92. The van der Waals surface area contributed by atoms with Crippen molar-refractivity contribution < 1.29 is 13.2 Å². The van der Waals surface area contributed by atoms with Crippen LogP contribution in [0.3, 0.4) is 0 Å². The monoisotopic (exact) mass is 269 g/mol. The molecule has 0 N–H and O–H groups in total. The van der Waals surface area contributed by atoms with Crippen molar-refractivity contribution in [3.63, 3.8) is 0 Å². The van der Waals surface area contributed by atoms with E-state index in [0.717, 1.165) is 11.8 Å². The van der Waals surface area contributed by atoms with Gasteiger partial charge in [-0.1, -0.05) is 30.3 Å². The van der Waals surface area contributed by atoms with Gasteiger partial charge in [0.25, 0.3) is 0 Å². The molecule has 1 rings (SSSR count). The third-order valence-corrected chi connectivity index (χ3v) is 3.58. The molecule has 5 heteroatoms. The molecule has 0 bridgehead atoms. The van der Waals surface area contributed by atoms with Crippen LogP contribution in [-0.4, -0.2) is 37.8 Å². The minimum absolute atomic E-state index is 0.0551. The zero-order valence-corrected chi connectivity index (χ0v) is 11.6. The fraction of sp³-hybridized carbons (Fsp3) is 0.462. The number of carbonyl (C=O) groups is 1. The summed E-state index contributed by atoms with van der Waals surface area (Å²) >= 11 is 0. The molecule has 0 fully saturated rings. The Morgan fingerprint density at radius 1 is 1.22 bits per heavy atom. The highest BCUT2D eigenvalue weighted by molar-refractivity contribution is 7.90. The second kappa shape index (κ2) is 6.54. The largest absolute Gasteiger partial charge is 0.339 e. The van der Waals surface area contributed by atoms with Gasteiger partial charge in [-0.05, 0) is 12.5 Å². The fourth-order valence-electron chi connectivity index (χ4n) is 1.61. The van der Waals surface area contributed by atoms with E-state index in [4.69, 9.17) is 0 Å². The number of sulfone groups is 1. The maximum atomic E-state index is 11.9. The molecule has 0 atom stereocenters. The Balaban J connectivity index is 2.58. The van der Waals surface area contributed by atoms with Gasteiger partial charge in [0, 0.05) is 25.8 Å². The van der Waals surface area contributed by atoms with E-state index in [0.29, 0.717) is 13.1 Å². The number of hydrogen-bond donors (Lipinski definition) is 0. The lowest BCUT2D eigenvalue weighted by molar-refractivity contribution is -0.131. The molecule has 18 heavy (non-hydrogen) atoms. The Hall–Kier alpha value is -1.36. The van der Waals surface area contributed by atoms with Gasteiger partial charge in [0.1, 0.15) is 9.84 Å². The summed E-state index contributed by atoms with van der Waals surface area (Å²) in [7, 11) is -3.08. The minimum atomic E-state index is -3.08. The molecule has 0 radical (unpaired) electrons. The molecule has 0 aliphatic heterocycles. The van der Waals surface area contributed by atoms with Crippen LogP contribution in [0.4, 0.5) is 0 Å². The van der Waals surface area contributed by atoms with Crippen LogP contribution < -0.4 is 0 Å². The SMILES string of the molecule is CCN(Cc1ccccc1)C(=O)CCS(C)(=O)=O. The number of benzene rings is 1. The summed E-state index contributed by atoms with van der Waals surface area (Å²) in [5, 5.41) is 0. The van der Waals surface area contributed by atoms with E-state index in [2.05, 4.69) is 0 Å². The van der Waals surface area contributed by atoms with Gasteiger partial charge in [-0.15, -0.1) is 0 Å². The molecule has 1 aromatic carbocycles. The highest BCUT2D eigenvalue weighted by Gasteiger charge is 2.14. The van der Waals surface area contributed by atoms with Crippen molar-refractivity contribution in [3.05, 3.63) is 35.9 Å². The van der Waals surface area contributed by atoms with E-state index < -0.39 is 9.84 Å². The maximum absolute atomic E-state index is 11.9. The summed E-state index contributed by atoms with van der Waals surface area (Å²) in [6, 6.07) is 9.67. The van der Waals surface area contributed by atoms with Gasteiger partial charge in [-0.2, -0.15) is 0 Å². The third-order valence-electron chi connectivity index (χ3n) is 2.64. The summed E-state index contributed by atoms with van der Waals surface area (Å²) in [6.07, 6.45) is 1.20. The maximum Gasteiger partial charge on any atom is 0.223 e. The number of carbonyl (C=O) groups excluding carboxylic acids is 1. The zero-order valence-electron chi connectivity index (χ0n) is 10.8. The number of hydrogen-bond acceptors (Lipinski definition) is 3. The first-order chi connectivity index (χ1) is 8.42. The molecule has 0 saturated heterocycles. The van der Waals surface area contributed by atoms with E-state index in [-0.39, 0.29) is 18.1 Å². The van der Waals surface area contributed by atoms with Crippen LogP contribution in [0.1, 0.15) is 18.9 Å². The average Bonchev–Trinajstić information content (AvgIpc) is 2.33. The van der Waals surface area contributed by atoms with E-state index in [1.54, 1.807) is 4.90 Å². The molecule has 0 unspecified atom stereocenters. The topological polar surface area (TPSA) is 54.5 Å². The molecule has 4 nitrogen and oxygen atoms in total. The average molecular weight is 269 g/mol. The van der Waals surface area contributed by atoms with Crippen molar-refractivity contribution in [1.82, 2.24) is 4.90 Å². The Kier molecular flexibility index (Phi) is 5.34. The summed E-state index contributed by atoms with van der Waals surface area (Å²) in [6.45, 7) is 3.00. The molecule has 0 aliphatic rings. The smallest absolute Gasteiger partial charge is 0.223 e. The van der Waals surface area contributed by atoms with E-state index in [1.807, 2.05) is 37.3 Å². The fourth-order valence-corrected chi connectivity index (χ4v) is 2.16. The van der Waals surface area contributed by atoms with Crippen molar-refractivity contribution in [2.45, 2.75) is 19.9 Å². The molecule has 0 spiro atoms. The standard InChI is InChI=1S/C13H19NO3S/c1-3-14(11-12-7-5-4-6-8-12)13(15)9-10-18(2,16)17/h4-8H,3,9-11H2,1-2H3. The van der Waals surface area contributed by atoms with Gasteiger partial charge in [-0.3, -0.25) is 4.79 Å². The molecule has 0 heterocycles. The van der Waals surface area contributed by atoms with Gasteiger partial charge in [0.15, 0.2) is 0 Å².